The van der Waals surface area contributed by atoms with Crippen LogP contribution in [0.4, 0.5) is 0 Å². The average Bonchev–Trinajstić information content (AvgIpc) is 3.21. The van der Waals surface area contributed by atoms with E-state index < -0.39 is 0 Å². The van der Waals surface area contributed by atoms with Gasteiger partial charge in [-0.05, 0) is 30.3 Å². The van der Waals surface area contributed by atoms with Crippen LogP contribution < -0.4 is 10.3 Å². The summed E-state index contributed by atoms with van der Waals surface area (Å²) in [6, 6.07) is 18.8. The second-order valence-electron chi connectivity index (χ2n) is 6.25. The number of hydrogen-bond donors (Lipinski definition) is 0. The maximum absolute atomic E-state index is 13.5. The summed E-state index contributed by atoms with van der Waals surface area (Å²) in [7, 11) is 1.61. The van der Waals surface area contributed by atoms with Crippen LogP contribution >= 0.6 is 0 Å². The monoisotopic (exact) mass is 369 g/mol. The number of ether oxygens (including phenoxy) is 1. The molecule has 5 aromatic rings. The minimum atomic E-state index is -0.175. The molecular weight excluding hydrogens is 354 g/mol. The van der Waals surface area contributed by atoms with Gasteiger partial charge in [-0.2, -0.15) is 14.6 Å². The first-order chi connectivity index (χ1) is 13.8. The third kappa shape index (κ3) is 2.44. The van der Waals surface area contributed by atoms with Gasteiger partial charge in [0.1, 0.15) is 12.1 Å². The summed E-state index contributed by atoms with van der Waals surface area (Å²) in [4.78, 5) is 22.2. The number of nitrogens with zero attached hydrogens (tertiary/aromatic N) is 5. The summed E-state index contributed by atoms with van der Waals surface area (Å²) >= 11 is 0. The van der Waals surface area contributed by atoms with Crippen molar-refractivity contribution in [2.75, 3.05) is 7.11 Å². The molecule has 0 spiro atoms. The number of methoxy groups -OCH3 is 1. The number of hydrogen-bond acceptors (Lipinski definition) is 5. The van der Waals surface area contributed by atoms with E-state index in [0.29, 0.717) is 22.4 Å². The summed E-state index contributed by atoms with van der Waals surface area (Å²) in [5, 5.41) is 4.78. The summed E-state index contributed by atoms with van der Waals surface area (Å²) in [6.07, 6.45) is 3.16. The number of pyridine rings is 1. The standard InChI is InChI=1S/C21H15N5O2/c1-28-16-9-7-15(8-10-16)25-12-11-17-18(20(25)27)19(14-5-3-2-4-6-14)26-21(24-17)22-13-23-26/h2-13H,1H3. The average molecular weight is 369 g/mol. The summed E-state index contributed by atoms with van der Waals surface area (Å²) in [6.45, 7) is 0. The summed E-state index contributed by atoms with van der Waals surface area (Å²) < 4.78 is 8.41. The van der Waals surface area contributed by atoms with Crippen LogP contribution in [0, 0.1) is 0 Å². The Labute approximate surface area is 159 Å². The zero-order chi connectivity index (χ0) is 19.1. The molecule has 5 rings (SSSR count). The molecule has 0 aliphatic rings. The molecule has 0 aliphatic carbocycles. The van der Waals surface area contributed by atoms with E-state index in [1.165, 1.54) is 6.33 Å². The fourth-order valence-corrected chi connectivity index (χ4v) is 3.33. The van der Waals surface area contributed by atoms with Crippen LogP contribution in [0.1, 0.15) is 0 Å². The highest BCUT2D eigenvalue weighted by Crippen LogP contribution is 2.26. The van der Waals surface area contributed by atoms with Crippen molar-refractivity contribution in [1.29, 1.82) is 0 Å². The van der Waals surface area contributed by atoms with Crippen LogP contribution in [0.15, 0.2) is 78.0 Å². The number of aromatic nitrogens is 5. The van der Waals surface area contributed by atoms with Crippen molar-refractivity contribution in [2.45, 2.75) is 0 Å². The first kappa shape index (κ1) is 16.2. The maximum atomic E-state index is 13.5. The predicted molar refractivity (Wildman–Crippen MR) is 106 cm³/mol. The zero-order valence-electron chi connectivity index (χ0n) is 15.0. The Kier molecular flexibility index (Phi) is 3.65. The third-order valence-electron chi connectivity index (χ3n) is 4.67. The normalized spacial score (nSPS) is 11.2. The molecule has 3 aromatic heterocycles. The van der Waals surface area contributed by atoms with E-state index in [-0.39, 0.29) is 5.56 Å². The minimum absolute atomic E-state index is 0.175. The molecular formula is C21H15N5O2. The minimum Gasteiger partial charge on any atom is -0.497 e. The van der Waals surface area contributed by atoms with Crippen LogP contribution in [0.5, 0.6) is 5.75 Å². The third-order valence-corrected chi connectivity index (χ3v) is 4.67. The van der Waals surface area contributed by atoms with Gasteiger partial charge in [-0.15, -0.1) is 0 Å². The second-order valence-corrected chi connectivity index (χ2v) is 6.25. The van der Waals surface area contributed by atoms with Crippen molar-refractivity contribution in [1.82, 2.24) is 24.1 Å². The molecule has 7 heteroatoms. The SMILES string of the molecule is COc1ccc(-n2ccc3nc4ncnn4c(-c4ccccc4)c3c2=O)cc1. The van der Waals surface area contributed by atoms with Crippen LogP contribution in [0.2, 0.25) is 0 Å². The highest BCUT2D eigenvalue weighted by molar-refractivity contribution is 5.93. The van der Waals surface area contributed by atoms with Gasteiger partial charge in [0.25, 0.3) is 11.3 Å². The van der Waals surface area contributed by atoms with Gasteiger partial charge in [-0.3, -0.25) is 9.36 Å². The molecule has 3 heterocycles. The second kappa shape index (κ2) is 6.31. The summed E-state index contributed by atoms with van der Waals surface area (Å²) in [5.41, 5.74) is 2.69. The van der Waals surface area contributed by atoms with E-state index in [1.807, 2.05) is 60.7 Å². The fourth-order valence-electron chi connectivity index (χ4n) is 3.33. The molecule has 7 nitrogen and oxygen atoms in total. The highest BCUT2D eigenvalue weighted by Gasteiger charge is 2.17. The molecule has 0 bridgehead atoms. The molecule has 0 fully saturated rings. The van der Waals surface area contributed by atoms with Gasteiger partial charge in [0.05, 0.1) is 23.7 Å². The molecule has 0 atom stereocenters. The van der Waals surface area contributed by atoms with Crippen LogP contribution in [-0.4, -0.2) is 31.3 Å². The highest BCUT2D eigenvalue weighted by atomic mass is 16.5. The van der Waals surface area contributed by atoms with E-state index in [1.54, 1.807) is 22.4 Å². The van der Waals surface area contributed by atoms with Crippen molar-refractivity contribution >= 4 is 16.7 Å². The first-order valence-corrected chi connectivity index (χ1v) is 8.71. The quantitative estimate of drug-likeness (QED) is 0.489. The lowest BCUT2D eigenvalue weighted by atomic mass is 10.1. The fraction of sp³-hybridized carbons (Fsp3) is 0.0476. The van der Waals surface area contributed by atoms with Crippen molar-refractivity contribution in [2.24, 2.45) is 0 Å². The molecule has 2 aromatic carbocycles. The Morgan fingerprint density at radius 2 is 1.75 bits per heavy atom. The van der Waals surface area contributed by atoms with Crippen LogP contribution in [-0.2, 0) is 0 Å². The van der Waals surface area contributed by atoms with E-state index >= 15 is 0 Å². The van der Waals surface area contributed by atoms with E-state index in [4.69, 9.17) is 4.74 Å². The lowest BCUT2D eigenvalue weighted by Crippen LogP contribution is -2.20. The van der Waals surface area contributed by atoms with Crippen LogP contribution in [0.25, 0.3) is 33.6 Å². The van der Waals surface area contributed by atoms with Gasteiger partial charge in [-0.1, -0.05) is 30.3 Å². The van der Waals surface area contributed by atoms with Crippen molar-refractivity contribution < 1.29 is 4.74 Å². The van der Waals surface area contributed by atoms with Gasteiger partial charge in [0.2, 0.25) is 0 Å². The van der Waals surface area contributed by atoms with Crippen molar-refractivity contribution in [3.8, 4) is 22.7 Å². The maximum Gasteiger partial charge on any atom is 0.266 e. The number of benzene rings is 2. The number of rotatable bonds is 3. The van der Waals surface area contributed by atoms with Crippen molar-refractivity contribution in [3.63, 3.8) is 0 Å². The lowest BCUT2D eigenvalue weighted by molar-refractivity contribution is 0.414. The molecule has 28 heavy (non-hydrogen) atoms. The molecule has 0 amide bonds. The van der Waals surface area contributed by atoms with E-state index in [0.717, 1.165) is 17.0 Å². The van der Waals surface area contributed by atoms with Gasteiger partial charge in [0.15, 0.2) is 0 Å². The Bertz CT molecular complexity index is 1360. The molecule has 0 N–H and O–H groups in total. The van der Waals surface area contributed by atoms with Crippen molar-refractivity contribution in [3.05, 3.63) is 83.5 Å². The molecule has 0 radical (unpaired) electrons. The summed E-state index contributed by atoms with van der Waals surface area (Å²) in [5.74, 6) is 1.18. The number of fused-ring (bicyclic) bond motifs is 2. The Morgan fingerprint density at radius 1 is 0.964 bits per heavy atom. The molecule has 136 valence electrons. The molecule has 0 saturated heterocycles. The van der Waals surface area contributed by atoms with E-state index in [9.17, 15) is 4.79 Å². The molecule has 0 unspecified atom stereocenters. The topological polar surface area (TPSA) is 74.3 Å². The molecule has 0 aliphatic heterocycles. The van der Waals surface area contributed by atoms with Gasteiger partial charge in [-0.25, -0.2) is 4.98 Å². The Morgan fingerprint density at radius 3 is 2.50 bits per heavy atom. The zero-order valence-corrected chi connectivity index (χ0v) is 15.0. The van der Waals surface area contributed by atoms with Gasteiger partial charge < -0.3 is 4.74 Å². The Hall–Kier alpha value is -4.00. The molecule has 0 saturated carbocycles. The van der Waals surface area contributed by atoms with Crippen LogP contribution in [0.3, 0.4) is 0 Å². The Balaban J connectivity index is 1.86. The van der Waals surface area contributed by atoms with Gasteiger partial charge in [0, 0.05) is 17.4 Å². The lowest BCUT2D eigenvalue weighted by Gasteiger charge is -2.12. The largest absolute Gasteiger partial charge is 0.497 e. The van der Waals surface area contributed by atoms with Gasteiger partial charge >= 0.3 is 0 Å². The smallest absolute Gasteiger partial charge is 0.266 e. The predicted octanol–water partition coefficient (Wildman–Crippen LogP) is 3.10. The van der Waals surface area contributed by atoms with E-state index in [2.05, 4.69) is 15.1 Å². The first-order valence-electron chi connectivity index (χ1n) is 8.71.